The first-order chi connectivity index (χ1) is 8.61. The van der Waals surface area contributed by atoms with Crippen LogP contribution in [-0.2, 0) is 0 Å². The van der Waals surface area contributed by atoms with Crippen LogP contribution >= 0.6 is 0 Å². The molecule has 1 atom stereocenters. The molecule has 0 saturated heterocycles. The van der Waals surface area contributed by atoms with Crippen LogP contribution in [0.2, 0.25) is 0 Å². The molecule has 2 aromatic rings. The van der Waals surface area contributed by atoms with Crippen LogP contribution in [0.1, 0.15) is 49.3 Å². The van der Waals surface area contributed by atoms with Gasteiger partial charge in [-0.15, -0.1) is 0 Å². The molecule has 0 saturated carbocycles. The summed E-state index contributed by atoms with van der Waals surface area (Å²) in [4.78, 5) is 18.3. The minimum Gasteiger partial charge on any atom is -0.336 e. The molecule has 1 unspecified atom stereocenters. The molecule has 18 heavy (non-hydrogen) atoms. The van der Waals surface area contributed by atoms with E-state index in [1.54, 1.807) is 6.20 Å². The van der Waals surface area contributed by atoms with Crippen LogP contribution in [0.5, 0.6) is 0 Å². The molecule has 0 aliphatic heterocycles. The van der Waals surface area contributed by atoms with Crippen LogP contribution in [0, 0.1) is 0 Å². The monoisotopic (exact) mass is 242 g/mol. The number of hydrogen-bond donors (Lipinski definition) is 1. The van der Waals surface area contributed by atoms with E-state index in [9.17, 15) is 4.79 Å². The van der Waals surface area contributed by atoms with Crippen molar-refractivity contribution in [1.29, 1.82) is 0 Å². The molecule has 3 nitrogen and oxygen atoms in total. The maximum absolute atomic E-state index is 11.2. The molecular formula is C15H18N2O. The third-order valence-electron chi connectivity index (χ3n) is 3.31. The Morgan fingerprint density at radius 1 is 1.33 bits per heavy atom. The van der Waals surface area contributed by atoms with Crippen molar-refractivity contribution in [3.05, 3.63) is 41.9 Å². The first-order valence-corrected chi connectivity index (χ1v) is 6.28. The van der Waals surface area contributed by atoms with Gasteiger partial charge in [-0.05, 0) is 23.5 Å². The summed E-state index contributed by atoms with van der Waals surface area (Å²) in [5.74, 6) is 0.946. The van der Waals surface area contributed by atoms with Crippen LogP contribution in [0.3, 0.4) is 0 Å². The topological polar surface area (TPSA) is 45.8 Å². The molecule has 0 aliphatic rings. The predicted molar refractivity (Wildman–Crippen MR) is 72.7 cm³/mol. The second-order valence-electron chi connectivity index (χ2n) is 4.63. The van der Waals surface area contributed by atoms with Crippen molar-refractivity contribution in [3.63, 3.8) is 0 Å². The van der Waals surface area contributed by atoms with Gasteiger partial charge in [0.2, 0.25) is 0 Å². The molecule has 1 heterocycles. The second-order valence-corrected chi connectivity index (χ2v) is 4.63. The normalized spacial score (nSPS) is 12.4. The maximum Gasteiger partial charge on any atom is 0.194 e. The number of carbonyl (C=O) groups excluding carboxylic acids is 1. The molecule has 1 N–H and O–H groups in total. The van der Waals surface area contributed by atoms with Crippen LogP contribution < -0.4 is 0 Å². The molecule has 0 bridgehead atoms. The van der Waals surface area contributed by atoms with Gasteiger partial charge < -0.3 is 4.98 Å². The van der Waals surface area contributed by atoms with Gasteiger partial charge >= 0.3 is 0 Å². The minimum absolute atomic E-state index is 0.0440. The number of H-pyrrole nitrogens is 1. The lowest BCUT2D eigenvalue weighted by molar-refractivity contribution is 0.100. The zero-order valence-electron chi connectivity index (χ0n) is 11.0. The van der Waals surface area contributed by atoms with E-state index in [4.69, 9.17) is 0 Å². The Morgan fingerprint density at radius 2 is 2.00 bits per heavy atom. The van der Waals surface area contributed by atoms with Crippen LogP contribution in [-0.4, -0.2) is 15.8 Å². The van der Waals surface area contributed by atoms with Gasteiger partial charge in [-0.25, -0.2) is 4.98 Å². The number of ketones is 1. The fourth-order valence-electron chi connectivity index (χ4n) is 1.87. The van der Waals surface area contributed by atoms with Crippen molar-refractivity contribution in [3.8, 4) is 11.3 Å². The number of imidazole rings is 1. The molecule has 0 amide bonds. The third-order valence-corrected chi connectivity index (χ3v) is 3.31. The summed E-state index contributed by atoms with van der Waals surface area (Å²) in [5.41, 5.74) is 3.28. The standard InChI is InChI=1S/C15H18N2O/c1-4-10(2)12-5-7-13(8-6-12)14-9-16-15(17-14)11(3)18/h5-10H,4H2,1-3H3,(H,16,17). The van der Waals surface area contributed by atoms with Crippen LogP contribution in [0.15, 0.2) is 30.5 Å². The van der Waals surface area contributed by atoms with Gasteiger partial charge in [0.15, 0.2) is 11.6 Å². The zero-order chi connectivity index (χ0) is 13.1. The highest BCUT2D eigenvalue weighted by Crippen LogP contribution is 2.23. The summed E-state index contributed by atoms with van der Waals surface area (Å²) in [6, 6.07) is 8.41. The Morgan fingerprint density at radius 3 is 2.50 bits per heavy atom. The summed E-state index contributed by atoms with van der Waals surface area (Å²) in [6.07, 6.45) is 2.84. The van der Waals surface area contributed by atoms with Gasteiger partial charge in [-0.2, -0.15) is 0 Å². The number of nitrogens with one attached hydrogen (secondary N) is 1. The first-order valence-electron chi connectivity index (χ1n) is 6.28. The molecule has 2 rings (SSSR count). The number of carbonyl (C=O) groups is 1. The highest BCUT2D eigenvalue weighted by Gasteiger charge is 2.07. The number of Topliss-reactive ketones (excluding diaryl/α,β-unsaturated/α-hetero) is 1. The van der Waals surface area contributed by atoms with E-state index >= 15 is 0 Å². The molecule has 0 spiro atoms. The molecule has 94 valence electrons. The Kier molecular flexibility index (Phi) is 3.60. The van der Waals surface area contributed by atoms with Gasteiger partial charge in [0, 0.05) is 6.92 Å². The minimum atomic E-state index is -0.0440. The summed E-state index contributed by atoms with van der Waals surface area (Å²) >= 11 is 0. The van der Waals surface area contributed by atoms with Crippen molar-refractivity contribution in [2.45, 2.75) is 33.1 Å². The fourth-order valence-corrected chi connectivity index (χ4v) is 1.87. The lowest BCUT2D eigenvalue weighted by Gasteiger charge is -2.09. The second kappa shape index (κ2) is 5.17. The van der Waals surface area contributed by atoms with Crippen molar-refractivity contribution in [2.24, 2.45) is 0 Å². The largest absolute Gasteiger partial charge is 0.336 e. The highest BCUT2D eigenvalue weighted by molar-refractivity contribution is 5.91. The van der Waals surface area contributed by atoms with E-state index in [1.165, 1.54) is 12.5 Å². The van der Waals surface area contributed by atoms with Gasteiger partial charge in [0.1, 0.15) is 0 Å². The molecule has 0 radical (unpaired) electrons. The van der Waals surface area contributed by atoms with E-state index in [1.807, 2.05) is 0 Å². The molecule has 0 fully saturated rings. The lowest BCUT2D eigenvalue weighted by atomic mass is 9.97. The highest BCUT2D eigenvalue weighted by atomic mass is 16.1. The summed E-state index contributed by atoms with van der Waals surface area (Å²) < 4.78 is 0. The quantitative estimate of drug-likeness (QED) is 0.829. The van der Waals surface area contributed by atoms with Gasteiger partial charge in [0.25, 0.3) is 0 Å². The van der Waals surface area contributed by atoms with Gasteiger partial charge in [0.05, 0.1) is 11.9 Å². The van der Waals surface area contributed by atoms with E-state index in [0.29, 0.717) is 11.7 Å². The average molecular weight is 242 g/mol. The predicted octanol–water partition coefficient (Wildman–Crippen LogP) is 3.79. The summed E-state index contributed by atoms with van der Waals surface area (Å²) in [7, 11) is 0. The number of benzene rings is 1. The van der Waals surface area contributed by atoms with Crippen LogP contribution in [0.4, 0.5) is 0 Å². The van der Waals surface area contributed by atoms with Gasteiger partial charge in [-0.1, -0.05) is 38.1 Å². The van der Waals surface area contributed by atoms with Crippen LogP contribution in [0.25, 0.3) is 11.3 Å². The van der Waals surface area contributed by atoms with Gasteiger partial charge in [-0.3, -0.25) is 4.79 Å². The summed E-state index contributed by atoms with van der Waals surface area (Å²) in [5, 5.41) is 0. The Balaban J connectivity index is 2.25. The molecule has 1 aromatic heterocycles. The Bertz CT molecular complexity index is 540. The van der Waals surface area contributed by atoms with E-state index in [0.717, 1.165) is 17.7 Å². The fraction of sp³-hybridized carbons (Fsp3) is 0.333. The molecule has 1 aromatic carbocycles. The lowest BCUT2D eigenvalue weighted by Crippen LogP contribution is -1.94. The third kappa shape index (κ3) is 2.50. The number of aromatic nitrogens is 2. The zero-order valence-corrected chi connectivity index (χ0v) is 11.0. The van der Waals surface area contributed by atoms with Crippen molar-refractivity contribution >= 4 is 5.78 Å². The number of aromatic amines is 1. The van der Waals surface area contributed by atoms with Crippen molar-refractivity contribution in [1.82, 2.24) is 9.97 Å². The average Bonchev–Trinajstić information content (AvgIpc) is 2.88. The Labute approximate surface area is 107 Å². The Hall–Kier alpha value is -1.90. The van der Waals surface area contributed by atoms with E-state index in [-0.39, 0.29) is 5.78 Å². The van der Waals surface area contributed by atoms with Crippen molar-refractivity contribution in [2.75, 3.05) is 0 Å². The first kappa shape index (κ1) is 12.6. The van der Waals surface area contributed by atoms with E-state index in [2.05, 4.69) is 48.1 Å². The number of nitrogens with zero attached hydrogens (tertiary/aromatic N) is 1. The maximum atomic E-state index is 11.2. The molecule has 0 aliphatic carbocycles. The van der Waals surface area contributed by atoms with E-state index < -0.39 is 0 Å². The number of hydrogen-bond acceptors (Lipinski definition) is 2. The molecular weight excluding hydrogens is 224 g/mol. The summed E-state index contributed by atoms with van der Waals surface area (Å²) in [6.45, 7) is 5.92. The van der Waals surface area contributed by atoms with Crippen molar-refractivity contribution < 1.29 is 4.79 Å². The number of rotatable bonds is 4. The molecule has 3 heteroatoms. The smallest absolute Gasteiger partial charge is 0.194 e. The SMILES string of the molecule is CCC(C)c1ccc(-c2cnc(C(C)=O)[nH]2)cc1.